The Bertz CT molecular complexity index is 342. The van der Waals surface area contributed by atoms with Crippen molar-refractivity contribution in [3.63, 3.8) is 0 Å². The highest BCUT2D eigenvalue weighted by atomic mass is 35.5. The third-order valence-electron chi connectivity index (χ3n) is 4.06. The normalized spacial score (nSPS) is 16.6. The smallest absolute Gasteiger partial charge is 0.0366 e. The summed E-state index contributed by atoms with van der Waals surface area (Å²) in [5.74, 6) is 0.717. The monoisotopic (exact) mass is 268 g/mol. The van der Waals surface area contributed by atoms with Gasteiger partial charge in [0.1, 0.15) is 0 Å². The van der Waals surface area contributed by atoms with E-state index in [9.17, 15) is 0 Å². The van der Waals surface area contributed by atoms with E-state index in [0.29, 0.717) is 5.92 Å². The number of nitrogens with two attached hydrogens (primary N) is 1. The molecule has 1 saturated carbocycles. The first-order chi connectivity index (χ1) is 8.26. The van der Waals surface area contributed by atoms with Gasteiger partial charge in [-0.2, -0.15) is 0 Å². The van der Waals surface area contributed by atoms with Crippen LogP contribution in [0, 0.1) is 5.92 Å². The average molecular weight is 269 g/mol. The third-order valence-corrected chi connectivity index (χ3v) is 4.06. The Balaban J connectivity index is 0.00000162. The average Bonchev–Trinajstić information content (AvgIpc) is 2.29. The molecule has 0 heterocycles. The minimum absolute atomic E-state index is 0. The molecule has 1 aromatic carbocycles. The Hall–Kier alpha value is -0.730. The van der Waals surface area contributed by atoms with Crippen LogP contribution in [0.5, 0.6) is 0 Å². The van der Waals surface area contributed by atoms with Crippen LogP contribution in [-0.2, 0) is 0 Å². The minimum atomic E-state index is 0. The lowest BCUT2D eigenvalue weighted by atomic mass is 9.77. The second-order valence-corrected chi connectivity index (χ2v) is 4.98. The highest BCUT2D eigenvalue weighted by Crippen LogP contribution is 2.36. The highest BCUT2D eigenvalue weighted by Gasteiger charge is 2.25. The molecule has 2 N–H and O–H groups in total. The van der Waals surface area contributed by atoms with E-state index in [0.717, 1.165) is 13.1 Å². The predicted octanol–water partition coefficient (Wildman–Crippen LogP) is 3.75. The zero-order valence-corrected chi connectivity index (χ0v) is 12.2. The number of nitrogens with zero attached hydrogens (tertiary/aromatic N) is 1. The van der Waals surface area contributed by atoms with E-state index in [1.54, 1.807) is 0 Å². The second kappa shape index (κ2) is 7.01. The van der Waals surface area contributed by atoms with Crippen molar-refractivity contribution < 1.29 is 0 Å². The molecule has 0 bridgehead atoms. The van der Waals surface area contributed by atoms with Gasteiger partial charge in [-0.3, -0.25) is 0 Å². The van der Waals surface area contributed by atoms with Gasteiger partial charge in [0.15, 0.2) is 0 Å². The van der Waals surface area contributed by atoms with Gasteiger partial charge in [0.2, 0.25) is 0 Å². The van der Waals surface area contributed by atoms with Gasteiger partial charge in [0, 0.05) is 24.8 Å². The maximum absolute atomic E-state index is 6.28. The van der Waals surface area contributed by atoms with Crippen LogP contribution in [0.1, 0.15) is 44.7 Å². The van der Waals surface area contributed by atoms with Crippen molar-refractivity contribution in [2.45, 2.75) is 39.2 Å². The predicted molar refractivity (Wildman–Crippen MR) is 81.5 cm³/mol. The Kier molecular flexibility index (Phi) is 5.97. The first-order valence-corrected chi connectivity index (χ1v) is 6.86. The molecule has 0 saturated heterocycles. The summed E-state index contributed by atoms with van der Waals surface area (Å²) < 4.78 is 0. The van der Waals surface area contributed by atoms with Crippen LogP contribution in [0.3, 0.4) is 0 Å². The third kappa shape index (κ3) is 3.18. The largest absolute Gasteiger partial charge is 0.372 e. The molecule has 1 atom stereocenters. The van der Waals surface area contributed by atoms with Crippen molar-refractivity contribution in [2.24, 2.45) is 11.7 Å². The van der Waals surface area contributed by atoms with Crippen molar-refractivity contribution in [3.8, 4) is 0 Å². The zero-order chi connectivity index (χ0) is 12.3. The number of benzene rings is 1. The molecule has 0 spiro atoms. The summed E-state index contributed by atoms with van der Waals surface area (Å²) in [4.78, 5) is 2.36. The molecule has 0 aliphatic heterocycles. The maximum atomic E-state index is 6.28. The van der Waals surface area contributed by atoms with Crippen LogP contribution in [0.2, 0.25) is 0 Å². The number of hydrogen-bond donors (Lipinski definition) is 1. The Labute approximate surface area is 117 Å². The van der Waals surface area contributed by atoms with Crippen molar-refractivity contribution in [1.82, 2.24) is 0 Å². The quantitative estimate of drug-likeness (QED) is 0.881. The fraction of sp³-hybridized carbons (Fsp3) is 0.600. The molecular formula is C15H25ClN2. The number of rotatable bonds is 5. The van der Waals surface area contributed by atoms with Crippen LogP contribution in [0.25, 0.3) is 0 Å². The fourth-order valence-corrected chi connectivity index (χ4v) is 2.57. The van der Waals surface area contributed by atoms with E-state index in [1.807, 2.05) is 0 Å². The number of anilines is 1. The van der Waals surface area contributed by atoms with Gasteiger partial charge in [-0.25, -0.2) is 0 Å². The van der Waals surface area contributed by atoms with E-state index in [4.69, 9.17) is 5.73 Å². The first-order valence-electron chi connectivity index (χ1n) is 6.86. The minimum Gasteiger partial charge on any atom is -0.372 e. The fourth-order valence-electron chi connectivity index (χ4n) is 2.57. The SMILES string of the molecule is CCN(CC)c1ccc([C@H](N)C2CCC2)cc1.Cl. The van der Waals surface area contributed by atoms with Gasteiger partial charge in [0.25, 0.3) is 0 Å². The van der Waals surface area contributed by atoms with Crippen molar-refractivity contribution >= 4 is 18.1 Å². The summed E-state index contributed by atoms with van der Waals surface area (Å²) in [5, 5.41) is 0. The van der Waals surface area contributed by atoms with Gasteiger partial charge in [0.05, 0.1) is 0 Å². The van der Waals surface area contributed by atoms with Crippen LogP contribution >= 0.6 is 12.4 Å². The van der Waals surface area contributed by atoms with Crippen LogP contribution in [-0.4, -0.2) is 13.1 Å². The molecule has 102 valence electrons. The summed E-state index contributed by atoms with van der Waals surface area (Å²) >= 11 is 0. The molecule has 0 radical (unpaired) electrons. The lowest BCUT2D eigenvalue weighted by Crippen LogP contribution is -2.27. The zero-order valence-electron chi connectivity index (χ0n) is 11.4. The standard InChI is InChI=1S/C15H24N2.ClH/c1-3-17(4-2)14-10-8-13(9-11-14)15(16)12-6-5-7-12;/h8-12,15H,3-7,16H2,1-2H3;1H/t15-;/m1./s1. The van der Waals surface area contributed by atoms with Gasteiger partial charge in [-0.1, -0.05) is 18.6 Å². The van der Waals surface area contributed by atoms with Gasteiger partial charge >= 0.3 is 0 Å². The molecule has 2 rings (SSSR count). The number of halogens is 1. The van der Waals surface area contributed by atoms with Crippen molar-refractivity contribution in [3.05, 3.63) is 29.8 Å². The second-order valence-electron chi connectivity index (χ2n) is 4.98. The maximum Gasteiger partial charge on any atom is 0.0366 e. The Morgan fingerprint density at radius 1 is 1.17 bits per heavy atom. The molecule has 0 amide bonds. The Morgan fingerprint density at radius 2 is 1.72 bits per heavy atom. The van der Waals surface area contributed by atoms with E-state index in [2.05, 4.69) is 43.0 Å². The van der Waals surface area contributed by atoms with Crippen LogP contribution in [0.15, 0.2) is 24.3 Å². The van der Waals surface area contributed by atoms with Crippen LogP contribution < -0.4 is 10.6 Å². The van der Waals surface area contributed by atoms with Crippen LogP contribution in [0.4, 0.5) is 5.69 Å². The summed E-state index contributed by atoms with van der Waals surface area (Å²) in [6.45, 7) is 6.50. The van der Waals surface area contributed by atoms with Crippen molar-refractivity contribution in [1.29, 1.82) is 0 Å². The Morgan fingerprint density at radius 3 is 2.11 bits per heavy atom. The molecule has 2 nitrogen and oxygen atoms in total. The van der Waals surface area contributed by atoms with E-state index in [1.165, 1.54) is 30.5 Å². The van der Waals surface area contributed by atoms with E-state index in [-0.39, 0.29) is 18.4 Å². The molecule has 1 aromatic rings. The molecule has 1 aliphatic carbocycles. The van der Waals surface area contributed by atoms with Crippen molar-refractivity contribution in [2.75, 3.05) is 18.0 Å². The molecule has 3 heteroatoms. The highest BCUT2D eigenvalue weighted by molar-refractivity contribution is 5.85. The molecule has 0 aromatic heterocycles. The topological polar surface area (TPSA) is 29.3 Å². The van der Waals surface area contributed by atoms with Gasteiger partial charge in [-0.05, 0) is 50.3 Å². The lowest BCUT2D eigenvalue weighted by Gasteiger charge is -2.31. The summed E-state index contributed by atoms with van der Waals surface area (Å²) in [6, 6.07) is 9.07. The molecule has 0 unspecified atom stereocenters. The molecule has 1 fully saturated rings. The summed E-state index contributed by atoms with van der Waals surface area (Å²) in [6.07, 6.45) is 3.97. The van der Waals surface area contributed by atoms with E-state index < -0.39 is 0 Å². The number of hydrogen-bond acceptors (Lipinski definition) is 2. The summed E-state index contributed by atoms with van der Waals surface area (Å²) in [7, 11) is 0. The van der Waals surface area contributed by atoms with Gasteiger partial charge in [-0.15, -0.1) is 12.4 Å². The van der Waals surface area contributed by atoms with E-state index >= 15 is 0 Å². The summed E-state index contributed by atoms with van der Waals surface area (Å²) in [5.41, 5.74) is 8.88. The molecular weight excluding hydrogens is 244 g/mol. The van der Waals surface area contributed by atoms with Gasteiger partial charge < -0.3 is 10.6 Å². The molecule has 1 aliphatic rings. The molecule has 18 heavy (non-hydrogen) atoms. The first kappa shape index (κ1) is 15.3. The lowest BCUT2D eigenvalue weighted by molar-refractivity contribution is 0.264.